The van der Waals surface area contributed by atoms with Crippen molar-refractivity contribution in [3.8, 4) is 11.8 Å². The van der Waals surface area contributed by atoms with Crippen molar-refractivity contribution in [3.63, 3.8) is 0 Å². The maximum absolute atomic E-state index is 8.61. The topological polar surface area (TPSA) is 41.6 Å². The highest BCUT2D eigenvalue weighted by Crippen LogP contribution is 2.26. The van der Waals surface area contributed by atoms with E-state index in [0.717, 1.165) is 10.9 Å². The third-order valence-electron chi connectivity index (χ3n) is 2.93. The normalized spacial score (nSPS) is 10.4. The molecule has 4 heteroatoms. The van der Waals surface area contributed by atoms with Gasteiger partial charge in [-0.2, -0.15) is 5.26 Å². The van der Waals surface area contributed by atoms with E-state index >= 15 is 0 Å². The summed E-state index contributed by atoms with van der Waals surface area (Å²) < 4.78 is 2.12. The minimum atomic E-state index is 0.545. The smallest absolute Gasteiger partial charge is 0.172 e. The second-order valence-electron chi connectivity index (χ2n) is 4.58. The van der Waals surface area contributed by atoms with Crippen LogP contribution in [0.4, 0.5) is 0 Å². The predicted octanol–water partition coefficient (Wildman–Crippen LogP) is 3.80. The Kier molecular flexibility index (Phi) is 4.28. The van der Waals surface area contributed by atoms with Gasteiger partial charge in [-0.25, -0.2) is 4.98 Å². The summed E-state index contributed by atoms with van der Waals surface area (Å²) in [5.74, 6) is 0.775. The van der Waals surface area contributed by atoms with Crippen LogP contribution >= 0.6 is 11.8 Å². The summed E-state index contributed by atoms with van der Waals surface area (Å²) in [6.45, 7) is 6.36. The Hall–Kier alpha value is -1.73. The van der Waals surface area contributed by atoms with Crippen LogP contribution in [0.1, 0.15) is 23.1 Å². The highest BCUT2D eigenvalue weighted by molar-refractivity contribution is 7.99. The summed E-state index contributed by atoms with van der Waals surface area (Å²) in [6.07, 6.45) is 4.34. The molecule has 0 N–H and O–H groups in total. The number of rotatable bonds is 4. The predicted molar refractivity (Wildman–Crippen MR) is 78.7 cm³/mol. The summed E-state index contributed by atoms with van der Waals surface area (Å²) in [6, 6.07) is 6.53. The fourth-order valence-corrected chi connectivity index (χ4v) is 3.11. The van der Waals surface area contributed by atoms with Crippen LogP contribution in [-0.2, 0) is 0 Å². The van der Waals surface area contributed by atoms with Gasteiger partial charge >= 0.3 is 0 Å². The lowest BCUT2D eigenvalue weighted by atomic mass is 10.1. The molecule has 0 atom stereocenters. The molecule has 0 aliphatic rings. The van der Waals surface area contributed by atoms with Crippen LogP contribution in [0.3, 0.4) is 0 Å². The standard InChI is InChI=1S/C15H17N3S/c1-11-9-12(2)14(13(3)10-11)18-7-6-17-15(18)19-8-4-5-16/h6-7,9-10H,4,8H2,1-3H3. The van der Waals surface area contributed by atoms with Gasteiger partial charge in [0.2, 0.25) is 0 Å². The lowest BCUT2D eigenvalue weighted by molar-refractivity contribution is 0.879. The number of hydrogen-bond acceptors (Lipinski definition) is 3. The van der Waals surface area contributed by atoms with Crippen molar-refractivity contribution in [2.75, 3.05) is 5.75 Å². The maximum Gasteiger partial charge on any atom is 0.172 e. The van der Waals surface area contributed by atoms with Crippen molar-refractivity contribution in [2.45, 2.75) is 32.3 Å². The van der Waals surface area contributed by atoms with Crippen molar-refractivity contribution in [2.24, 2.45) is 0 Å². The molecule has 0 spiro atoms. The van der Waals surface area contributed by atoms with Crippen LogP contribution in [0.5, 0.6) is 0 Å². The summed E-state index contributed by atoms with van der Waals surface area (Å²) >= 11 is 1.62. The van der Waals surface area contributed by atoms with Gasteiger partial charge in [0.05, 0.1) is 11.8 Å². The van der Waals surface area contributed by atoms with Gasteiger partial charge in [-0.15, -0.1) is 0 Å². The second kappa shape index (κ2) is 5.94. The quantitative estimate of drug-likeness (QED) is 0.627. The van der Waals surface area contributed by atoms with Crippen molar-refractivity contribution in [1.29, 1.82) is 5.26 Å². The Labute approximate surface area is 118 Å². The Bertz CT molecular complexity index is 600. The average molecular weight is 271 g/mol. The van der Waals surface area contributed by atoms with Gasteiger partial charge in [0.1, 0.15) is 0 Å². The first kappa shape index (κ1) is 13.7. The zero-order valence-corrected chi connectivity index (χ0v) is 12.3. The first-order valence-corrected chi connectivity index (χ1v) is 7.23. The molecule has 0 unspecified atom stereocenters. The molecule has 0 aliphatic carbocycles. The summed E-state index contributed by atoms with van der Waals surface area (Å²) in [5.41, 5.74) is 4.97. The fourth-order valence-electron chi connectivity index (χ4n) is 2.31. The summed E-state index contributed by atoms with van der Waals surface area (Å²) in [7, 11) is 0. The Morgan fingerprint density at radius 1 is 1.26 bits per heavy atom. The number of thioether (sulfide) groups is 1. The van der Waals surface area contributed by atoms with E-state index in [4.69, 9.17) is 5.26 Å². The van der Waals surface area contributed by atoms with Gasteiger partial charge in [-0.1, -0.05) is 29.5 Å². The lowest BCUT2D eigenvalue weighted by Gasteiger charge is -2.14. The van der Waals surface area contributed by atoms with Crippen LogP contribution < -0.4 is 0 Å². The highest BCUT2D eigenvalue weighted by Gasteiger charge is 2.10. The molecule has 0 aliphatic heterocycles. The van der Waals surface area contributed by atoms with Crippen molar-refractivity contribution in [3.05, 3.63) is 41.2 Å². The number of nitrogens with zero attached hydrogens (tertiary/aromatic N) is 3. The molecule has 19 heavy (non-hydrogen) atoms. The zero-order chi connectivity index (χ0) is 13.8. The molecule has 0 saturated heterocycles. The number of hydrogen-bond donors (Lipinski definition) is 0. The molecule has 0 radical (unpaired) electrons. The largest absolute Gasteiger partial charge is 0.294 e. The Morgan fingerprint density at radius 3 is 2.58 bits per heavy atom. The number of nitriles is 1. The van der Waals surface area contributed by atoms with Crippen LogP contribution in [0.2, 0.25) is 0 Å². The third kappa shape index (κ3) is 2.99. The average Bonchev–Trinajstić information content (AvgIpc) is 2.76. The molecule has 3 nitrogen and oxygen atoms in total. The zero-order valence-electron chi connectivity index (χ0n) is 11.5. The van der Waals surface area contributed by atoms with Crippen LogP contribution in [0.25, 0.3) is 5.69 Å². The van der Waals surface area contributed by atoms with Crippen LogP contribution in [0, 0.1) is 32.1 Å². The molecule has 2 aromatic rings. The number of aryl methyl sites for hydroxylation is 3. The Balaban J connectivity index is 2.38. The molecule has 2 rings (SSSR count). The van der Waals surface area contributed by atoms with Gasteiger partial charge in [-0.3, -0.25) is 4.57 Å². The van der Waals surface area contributed by atoms with Gasteiger partial charge < -0.3 is 0 Å². The second-order valence-corrected chi connectivity index (χ2v) is 5.65. The molecular formula is C15H17N3S. The van der Waals surface area contributed by atoms with Gasteiger partial charge in [-0.05, 0) is 31.9 Å². The van der Waals surface area contributed by atoms with E-state index in [2.05, 4.69) is 48.5 Å². The summed E-state index contributed by atoms with van der Waals surface area (Å²) in [4.78, 5) is 4.39. The number of benzene rings is 1. The van der Waals surface area contributed by atoms with Gasteiger partial charge in [0.25, 0.3) is 0 Å². The minimum absolute atomic E-state index is 0.545. The van der Waals surface area contributed by atoms with Crippen molar-refractivity contribution in [1.82, 2.24) is 9.55 Å². The van der Waals surface area contributed by atoms with Gasteiger partial charge in [0.15, 0.2) is 5.16 Å². The Morgan fingerprint density at radius 2 is 1.95 bits per heavy atom. The fraction of sp³-hybridized carbons (Fsp3) is 0.333. The summed E-state index contributed by atoms with van der Waals surface area (Å²) in [5, 5.41) is 9.56. The molecule has 0 fully saturated rings. The van der Waals surface area contributed by atoms with Crippen molar-refractivity contribution < 1.29 is 0 Å². The SMILES string of the molecule is Cc1cc(C)c(-n2ccnc2SCCC#N)c(C)c1. The number of imidazole rings is 1. The molecule has 0 bridgehead atoms. The molecule has 98 valence electrons. The molecule has 0 saturated carbocycles. The minimum Gasteiger partial charge on any atom is -0.294 e. The van der Waals surface area contributed by atoms with E-state index in [1.807, 2.05) is 12.4 Å². The van der Waals surface area contributed by atoms with Crippen LogP contribution in [-0.4, -0.2) is 15.3 Å². The van der Waals surface area contributed by atoms with Crippen LogP contribution in [0.15, 0.2) is 29.7 Å². The first-order chi connectivity index (χ1) is 9.13. The molecule has 0 amide bonds. The lowest BCUT2D eigenvalue weighted by Crippen LogP contribution is -2.01. The number of aromatic nitrogens is 2. The monoisotopic (exact) mass is 271 g/mol. The highest BCUT2D eigenvalue weighted by atomic mass is 32.2. The van der Waals surface area contributed by atoms with E-state index in [1.54, 1.807) is 11.8 Å². The van der Waals surface area contributed by atoms with E-state index in [1.165, 1.54) is 22.4 Å². The molecular weight excluding hydrogens is 254 g/mol. The van der Waals surface area contributed by atoms with Crippen molar-refractivity contribution >= 4 is 11.8 Å². The van der Waals surface area contributed by atoms with E-state index < -0.39 is 0 Å². The maximum atomic E-state index is 8.61. The molecule has 1 aromatic carbocycles. The van der Waals surface area contributed by atoms with E-state index in [0.29, 0.717) is 6.42 Å². The molecule has 1 heterocycles. The van der Waals surface area contributed by atoms with E-state index in [9.17, 15) is 0 Å². The third-order valence-corrected chi connectivity index (χ3v) is 3.90. The van der Waals surface area contributed by atoms with Gasteiger partial charge in [0, 0.05) is 24.6 Å². The molecule has 1 aromatic heterocycles. The first-order valence-electron chi connectivity index (χ1n) is 6.25. The van der Waals surface area contributed by atoms with E-state index in [-0.39, 0.29) is 0 Å².